The van der Waals surface area contributed by atoms with Crippen molar-refractivity contribution in [3.8, 4) is 0 Å². The second-order valence-corrected chi connectivity index (χ2v) is 2.56. The summed E-state index contributed by atoms with van der Waals surface area (Å²) in [5.41, 5.74) is 12.2. The third-order valence-corrected chi connectivity index (χ3v) is 1.47. The Hall–Kier alpha value is -0.750. The Morgan fingerprint density at radius 1 is 1.09 bits per heavy atom. The highest BCUT2D eigenvalue weighted by molar-refractivity contribution is 7.27. The Kier molecular flexibility index (Phi) is 4.64. The molecule has 0 bridgehead atoms. The van der Waals surface area contributed by atoms with Crippen LogP contribution in [0.3, 0.4) is 0 Å². The van der Waals surface area contributed by atoms with Crippen molar-refractivity contribution in [3.05, 3.63) is 18.2 Å². The van der Waals surface area contributed by atoms with Crippen LogP contribution in [0.15, 0.2) is 18.2 Å². The van der Waals surface area contributed by atoms with Crippen molar-refractivity contribution in [2.45, 2.75) is 13.8 Å². The molecular weight excluding hydrogens is 155 g/mol. The maximum atomic E-state index is 5.48. The molecule has 0 aliphatic carbocycles. The zero-order valence-corrected chi connectivity index (χ0v) is 8.12. The van der Waals surface area contributed by atoms with Crippen LogP contribution in [0.1, 0.15) is 13.8 Å². The van der Waals surface area contributed by atoms with E-state index >= 15 is 0 Å². The van der Waals surface area contributed by atoms with Crippen molar-refractivity contribution in [1.82, 2.24) is 0 Å². The lowest BCUT2D eigenvalue weighted by molar-refractivity contribution is 1.50. The third kappa shape index (κ3) is 3.24. The maximum absolute atomic E-state index is 5.48. The quantitative estimate of drug-likeness (QED) is 0.456. The van der Waals surface area contributed by atoms with Gasteiger partial charge in [-0.25, -0.2) is 0 Å². The van der Waals surface area contributed by atoms with Crippen LogP contribution in [0.5, 0.6) is 0 Å². The largest absolute Gasteiger partial charge is 0.397 e. The number of benzene rings is 1. The standard InChI is InChI=1S/C6H9N2P.C2H6/c7-5-2-1-4(9)3-6(5)8;1-2/h1-3H,7-9H2;1-2H3. The fourth-order valence-corrected chi connectivity index (χ4v) is 0.869. The molecule has 4 N–H and O–H groups in total. The maximum Gasteiger partial charge on any atom is 0.0554 e. The van der Waals surface area contributed by atoms with Crippen molar-refractivity contribution >= 4 is 25.9 Å². The van der Waals surface area contributed by atoms with Crippen LogP contribution >= 0.6 is 9.24 Å². The van der Waals surface area contributed by atoms with Gasteiger partial charge < -0.3 is 11.5 Å². The van der Waals surface area contributed by atoms with E-state index in [4.69, 9.17) is 11.5 Å². The van der Waals surface area contributed by atoms with Gasteiger partial charge in [0.2, 0.25) is 0 Å². The Labute approximate surface area is 70.2 Å². The predicted octanol–water partition coefficient (Wildman–Crippen LogP) is 1.38. The summed E-state index contributed by atoms with van der Waals surface area (Å²) in [6.07, 6.45) is 0. The van der Waals surface area contributed by atoms with Gasteiger partial charge in [0, 0.05) is 0 Å². The van der Waals surface area contributed by atoms with Gasteiger partial charge in [-0.15, -0.1) is 9.24 Å². The monoisotopic (exact) mass is 170 g/mol. The molecule has 0 amide bonds. The number of rotatable bonds is 0. The van der Waals surface area contributed by atoms with E-state index in [1.54, 1.807) is 6.07 Å². The number of hydrogen-bond donors (Lipinski definition) is 2. The first-order valence-corrected chi connectivity index (χ1v) is 4.18. The molecular formula is C8H15N2P. The van der Waals surface area contributed by atoms with Crippen LogP contribution in [0, 0.1) is 0 Å². The van der Waals surface area contributed by atoms with Gasteiger partial charge in [0.1, 0.15) is 0 Å². The van der Waals surface area contributed by atoms with E-state index in [0.717, 1.165) is 5.30 Å². The van der Waals surface area contributed by atoms with Gasteiger partial charge in [0.05, 0.1) is 11.4 Å². The number of nitrogens with two attached hydrogens (primary N) is 2. The molecule has 1 unspecified atom stereocenters. The second kappa shape index (κ2) is 4.97. The minimum absolute atomic E-state index is 0.640. The summed E-state index contributed by atoms with van der Waals surface area (Å²) in [6, 6.07) is 5.51. The average Bonchev–Trinajstić information content (AvgIpc) is 2.02. The first-order chi connectivity index (χ1) is 5.20. The lowest BCUT2D eigenvalue weighted by Gasteiger charge is -1.98. The fraction of sp³-hybridized carbons (Fsp3) is 0.250. The summed E-state index contributed by atoms with van der Waals surface area (Å²) in [5, 5.41) is 1.06. The van der Waals surface area contributed by atoms with Gasteiger partial charge in [0.15, 0.2) is 0 Å². The van der Waals surface area contributed by atoms with Gasteiger partial charge in [-0.05, 0) is 17.4 Å². The molecule has 0 spiro atoms. The molecule has 1 rings (SSSR count). The van der Waals surface area contributed by atoms with E-state index in [2.05, 4.69) is 9.24 Å². The SMILES string of the molecule is CC.Nc1ccc(P)cc1N. The smallest absolute Gasteiger partial charge is 0.0554 e. The summed E-state index contributed by atoms with van der Waals surface area (Å²) in [7, 11) is 2.55. The number of hydrogen-bond acceptors (Lipinski definition) is 2. The van der Waals surface area contributed by atoms with Crippen LogP contribution in [-0.2, 0) is 0 Å². The van der Waals surface area contributed by atoms with Gasteiger partial charge >= 0.3 is 0 Å². The average molecular weight is 170 g/mol. The van der Waals surface area contributed by atoms with E-state index in [9.17, 15) is 0 Å². The summed E-state index contributed by atoms with van der Waals surface area (Å²) < 4.78 is 0. The molecule has 1 aromatic rings. The number of anilines is 2. The molecule has 1 atom stereocenters. The summed E-state index contributed by atoms with van der Waals surface area (Å²) in [6.45, 7) is 4.00. The molecule has 0 saturated carbocycles. The summed E-state index contributed by atoms with van der Waals surface area (Å²) >= 11 is 0. The van der Waals surface area contributed by atoms with Crippen molar-refractivity contribution in [3.63, 3.8) is 0 Å². The lowest BCUT2D eigenvalue weighted by Crippen LogP contribution is -1.98. The normalized spacial score (nSPS) is 8.27. The topological polar surface area (TPSA) is 52.0 Å². The zero-order valence-electron chi connectivity index (χ0n) is 6.96. The molecule has 0 aliphatic heterocycles. The summed E-state index contributed by atoms with van der Waals surface area (Å²) in [4.78, 5) is 0. The van der Waals surface area contributed by atoms with Crippen molar-refractivity contribution in [1.29, 1.82) is 0 Å². The molecule has 3 heteroatoms. The summed E-state index contributed by atoms with van der Waals surface area (Å²) in [5.74, 6) is 0. The van der Waals surface area contributed by atoms with Crippen LogP contribution in [-0.4, -0.2) is 0 Å². The Bertz CT molecular complexity index is 223. The van der Waals surface area contributed by atoms with E-state index < -0.39 is 0 Å². The van der Waals surface area contributed by atoms with E-state index in [1.165, 1.54) is 0 Å². The minimum atomic E-state index is 0.640. The fourth-order valence-electron chi connectivity index (χ4n) is 0.593. The first-order valence-electron chi connectivity index (χ1n) is 3.60. The van der Waals surface area contributed by atoms with Crippen molar-refractivity contribution in [2.24, 2.45) is 0 Å². The van der Waals surface area contributed by atoms with Crippen LogP contribution < -0.4 is 16.8 Å². The zero-order chi connectivity index (χ0) is 8.85. The highest BCUT2D eigenvalue weighted by atomic mass is 31.0. The predicted molar refractivity (Wildman–Crippen MR) is 56.0 cm³/mol. The highest BCUT2D eigenvalue weighted by Gasteiger charge is 1.90. The molecule has 11 heavy (non-hydrogen) atoms. The molecule has 0 radical (unpaired) electrons. The Balaban J connectivity index is 0.000000461. The molecule has 0 saturated heterocycles. The van der Waals surface area contributed by atoms with Gasteiger partial charge in [-0.2, -0.15) is 0 Å². The minimum Gasteiger partial charge on any atom is -0.397 e. The highest BCUT2D eigenvalue weighted by Crippen LogP contribution is 2.11. The molecule has 62 valence electrons. The molecule has 0 heterocycles. The van der Waals surface area contributed by atoms with Crippen LogP contribution in [0.2, 0.25) is 0 Å². The van der Waals surface area contributed by atoms with E-state index in [-0.39, 0.29) is 0 Å². The van der Waals surface area contributed by atoms with Gasteiger partial charge in [-0.1, -0.05) is 19.9 Å². The van der Waals surface area contributed by atoms with Gasteiger partial charge in [-0.3, -0.25) is 0 Å². The number of nitrogen functional groups attached to an aromatic ring is 2. The van der Waals surface area contributed by atoms with Crippen LogP contribution in [0.25, 0.3) is 0 Å². The molecule has 1 aromatic carbocycles. The third-order valence-electron chi connectivity index (χ3n) is 1.11. The lowest BCUT2D eigenvalue weighted by atomic mass is 10.3. The van der Waals surface area contributed by atoms with Crippen molar-refractivity contribution < 1.29 is 0 Å². The van der Waals surface area contributed by atoms with E-state index in [1.807, 2.05) is 26.0 Å². The Morgan fingerprint density at radius 2 is 1.64 bits per heavy atom. The van der Waals surface area contributed by atoms with Crippen molar-refractivity contribution in [2.75, 3.05) is 11.5 Å². The van der Waals surface area contributed by atoms with E-state index in [0.29, 0.717) is 11.4 Å². The molecule has 0 fully saturated rings. The molecule has 0 aliphatic rings. The second-order valence-electron chi connectivity index (χ2n) is 1.89. The van der Waals surface area contributed by atoms with Crippen LogP contribution in [0.4, 0.5) is 11.4 Å². The van der Waals surface area contributed by atoms with Gasteiger partial charge in [0.25, 0.3) is 0 Å². The first kappa shape index (κ1) is 10.2. The molecule has 0 aromatic heterocycles. The Morgan fingerprint density at radius 3 is 2.00 bits per heavy atom. The molecule has 2 nitrogen and oxygen atoms in total.